The highest BCUT2D eigenvalue weighted by atomic mass is 19.1. The molecule has 3 heteroatoms. The second kappa shape index (κ2) is 5.30. The average Bonchev–Trinajstić information content (AvgIpc) is 2.13. The monoisotopic (exact) mass is 182 g/mol. The number of unbranched alkanes of at least 4 members (excludes halogenated alkanes) is 1. The Hall–Kier alpha value is -1.38. The number of carbonyl (C=O) groups is 1. The first-order valence-corrected chi connectivity index (χ1v) is 4.15. The third-order valence-corrected chi connectivity index (χ3v) is 1.53. The van der Waals surface area contributed by atoms with Crippen molar-refractivity contribution in [3.05, 3.63) is 30.1 Å². The zero-order valence-corrected chi connectivity index (χ0v) is 7.20. The van der Waals surface area contributed by atoms with E-state index in [-0.39, 0.29) is 5.82 Å². The molecule has 0 saturated carbocycles. The highest BCUT2D eigenvalue weighted by molar-refractivity contribution is 5.48. The molecule has 70 valence electrons. The summed E-state index contributed by atoms with van der Waals surface area (Å²) in [6, 6.07) is 5.95. The van der Waals surface area contributed by atoms with Crippen LogP contribution in [-0.2, 0) is 4.79 Å². The van der Waals surface area contributed by atoms with Crippen LogP contribution in [0.5, 0.6) is 5.75 Å². The fourth-order valence-electron chi connectivity index (χ4n) is 0.913. The predicted octanol–water partition coefficient (Wildman–Crippen LogP) is 2.18. The van der Waals surface area contributed by atoms with Crippen molar-refractivity contribution < 1.29 is 13.9 Å². The summed E-state index contributed by atoms with van der Waals surface area (Å²) >= 11 is 0. The molecule has 0 fully saturated rings. The molecule has 0 aliphatic rings. The van der Waals surface area contributed by atoms with Crippen LogP contribution in [0.2, 0.25) is 0 Å². The number of benzene rings is 1. The van der Waals surface area contributed by atoms with Crippen LogP contribution in [0, 0.1) is 5.82 Å². The fraction of sp³-hybridized carbons (Fsp3) is 0.300. The van der Waals surface area contributed by atoms with Crippen LogP contribution in [0.1, 0.15) is 12.8 Å². The summed E-state index contributed by atoms with van der Waals surface area (Å²) < 4.78 is 17.8. The minimum absolute atomic E-state index is 0.312. The quantitative estimate of drug-likeness (QED) is 0.515. The molecule has 0 heterocycles. The summed E-state index contributed by atoms with van der Waals surface area (Å²) in [5, 5.41) is 0. The maximum atomic E-state index is 12.6. The molecule has 0 aliphatic heterocycles. The summed E-state index contributed by atoms with van der Waals surface area (Å²) in [6.45, 7) is 0.447. The molecule has 0 aliphatic carbocycles. The van der Waals surface area contributed by atoms with Gasteiger partial charge in [-0.15, -0.1) is 0 Å². The van der Waals surface area contributed by atoms with Crippen molar-refractivity contribution in [2.45, 2.75) is 12.8 Å². The summed E-state index contributed by atoms with van der Waals surface area (Å²) in [7, 11) is 0. The number of hydrogen-bond donors (Lipinski definition) is 0. The van der Waals surface area contributed by atoms with Crippen LogP contribution >= 0.6 is 0 Å². The lowest BCUT2D eigenvalue weighted by Gasteiger charge is -2.03. The second-order valence-electron chi connectivity index (χ2n) is 2.61. The SMILES string of the molecule is O=CCCCOc1cccc(F)c1. The van der Waals surface area contributed by atoms with Gasteiger partial charge in [-0.3, -0.25) is 0 Å². The van der Waals surface area contributed by atoms with E-state index in [0.29, 0.717) is 25.2 Å². The Bertz CT molecular complexity index is 273. The maximum Gasteiger partial charge on any atom is 0.126 e. The highest BCUT2D eigenvalue weighted by Crippen LogP contribution is 2.11. The molecule has 2 nitrogen and oxygen atoms in total. The van der Waals surface area contributed by atoms with E-state index in [4.69, 9.17) is 4.74 Å². The minimum atomic E-state index is -0.312. The summed E-state index contributed by atoms with van der Waals surface area (Å²) in [4.78, 5) is 9.95. The molecule has 0 saturated heterocycles. The van der Waals surface area contributed by atoms with Crippen LogP contribution in [0.4, 0.5) is 4.39 Å². The number of rotatable bonds is 5. The first kappa shape index (κ1) is 9.71. The van der Waals surface area contributed by atoms with E-state index in [0.717, 1.165) is 6.29 Å². The second-order valence-corrected chi connectivity index (χ2v) is 2.61. The molecular formula is C10H11FO2. The van der Waals surface area contributed by atoms with Crippen LogP contribution < -0.4 is 4.74 Å². The van der Waals surface area contributed by atoms with E-state index < -0.39 is 0 Å². The minimum Gasteiger partial charge on any atom is -0.493 e. The molecule has 13 heavy (non-hydrogen) atoms. The molecule has 0 atom stereocenters. The summed E-state index contributed by atoms with van der Waals surface area (Å²) in [5.74, 6) is 0.193. The topological polar surface area (TPSA) is 26.3 Å². The molecule has 0 aromatic heterocycles. The maximum absolute atomic E-state index is 12.6. The van der Waals surface area contributed by atoms with Crippen molar-refractivity contribution in [1.82, 2.24) is 0 Å². The number of halogens is 1. The Labute approximate surface area is 76.3 Å². The van der Waals surface area contributed by atoms with Crippen molar-refractivity contribution in [1.29, 1.82) is 0 Å². The zero-order chi connectivity index (χ0) is 9.52. The smallest absolute Gasteiger partial charge is 0.126 e. The van der Waals surface area contributed by atoms with E-state index in [1.54, 1.807) is 12.1 Å². The van der Waals surface area contributed by atoms with Gasteiger partial charge in [-0.1, -0.05) is 6.07 Å². The van der Waals surface area contributed by atoms with Crippen molar-refractivity contribution >= 4 is 6.29 Å². The van der Waals surface area contributed by atoms with Gasteiger partial charge >= 0.3 is 0 Å². The Morgan fingerprint density at radius 1 is 1.46 bits per heavy atom. The molecule has 1 aromatic rings. The molecule has 0 unspecified atom stereocenters. The third kappa shape index (κ3) is 3.69. The number of aldehydes is 1. The van der Waals surface area contributed by atoms with E-state index in [9.17, 15) is 9.18 Å². The lowest BCUT2D eigenvalue weighted by molar-refractivity contribution is -0.108. The lowest BCUT2D eigenvalue weighted by Crippen LogP contribution is -1.97. The van der Waals surface area contributed by atoms with Crippen molar-refractivity contribution in [2.75, 3.05) is 6.61 Å². The van der Waals surface area contributed by atoms with E-state index in [1.807, 2.05) is 0 Å². The Morgan fingerprint density at radius 2 is 2.31 bits per heavy atom. The van der Waals surface area contributed by atoms with Crippen molar-refractivity contribution in [2.24, 2.45) is 0 Å². The highest BCUT2D eigenvalue weighted by Gasteiger charge is 1.94. The van der Waals surface area contributed by atoms with Gasteiger partial charge in [0.15, 0.2) is 0 Å². The zero-order valence-electron chi connectivity index (χ0n) is 7.20. The van der Waals surface area contributed by atoms with Gasteiger partial charge in [0.2, 0.25) is 0 Å². The lowest BCUT2D eigenvalue weighted by atomic mass is 10.3. The van der Waals surface area contributed by atoms with Gasteiger partial charge in [0.1, 0.15) is 17.9 Å². The molecule has 1 rings (SSSR count). The Balaban J connectivity index is 2.32. The van der Waals surface area contributed by atoms with Crippen LogP contribution in [0.15, 0.2) is 24.3 Å². The molecule has 0 amide bonds. The van der Waals surface area contributed by atoms with Gasteiger partial charge in [0.25, 0.3) is 0 Å². The fourth-order valence-corrected chi connectivity index (χ4v) is 0.913. The number of carbonyl (C=O) groups excluding carboxylic acids is 1. The van der Waals surface area contributed by atoms with Gasteiger partial charge < -0.3 is 9.53 Å². The molecule has 0 bridgehead atoms. The van der Waals surface area contributed by atoms with Gasteiger partial charge in [-0.25, -0.2) is 4.39 Å². The standard InChI is InChI=1S/C10H11FO2/c11-9-4-3-5-10(8-9)13-7-2-1-6-12/h3-6,8H,1-2,7H2. The molecule has 1 aromatic carbocycles. The van der Waals surface area contributed by atoms with E-state index >= 15 is 0 Å². The van der Waals surface area contributed by atoms with Crippen molar-refractivity contribution in [3.8, 4) is 5.75 Å². The van der Waals surface area contributed by atoms with Crippen LogP contribution in [0.25, 0.3) is 0 Å². The van der Waals surface area contributed by atoms with Gasteiger partial charge in [-0.05, 0) is 18.6 Å². The van der Waals surface area contributed by atoms with Gasteiger partial charge in [0, 0.05) is 12.5 Å². The molecule has 0 N–H and O–H groups in total. The van der Waals surface area contributed by atoms with Crippen LogP contribution in [0.3, 0.4) is 0 Å². The first-order chi connectivity index (χ1) is 6.33. The largest absolute Gasteiger partial charge is 0.493 e. The van der Waals surface area contributed by atoms with Gasteiger partial charge in [-0.2, -0.15) is 0 Å². The van der Waals surface area contributed by atoms with Gasteiger partial charge in [0.05, 0.1) is 6.61 Å². The third-order valence-electron chi connectivity index (χ3n) is 1.53. The van der Waals surface area contributed by atoms with E-state index in [1.165, 1.54) is 12.1 Å². The van der Waals surface area contributed by atoms with E-state index in [2.05, 4.69) is 0 Å². The number of hydrogen-bond acceptors (Lipinski definition) is 2. The average molecular weight is 182 g/mol. The Morgan fingerprint density at radius 3 is 3.00 bits per heavy atom. The summed E-state index contributed by atoms with van der Waals surface area (Å²) in [6.07, 6.45) is 1.99. The van der Waals surface area contributed by atoms with Crippen molar-refractivity contribution in [3.63, 3.8) is 0 Å². The molecular weight excluding hydrogens is 171 g/mol. The Kier molecular flexibility index (Phi) is 3.96. The molecule has 0 radical (unpaired) electrons. The predicted molar refractivity (Wildman–Crippen MR) is 47.2 cm³/mol. The number of ether oxygens (including phenoxy) is 1. The molecule has 0 spiro atoms. The summed E-state index contributed by atoms with van der Waals surface area (Å²) in [5.41, 5.74) is 0. The first-order valence-electron chi connectivity index (χ1n) is 4.15. The normalized spacial score (nSPS) is 9.62. The van der Waals surface area contributed by atoms with Crippen LogP contribution in [-0.4, -0.2) is 12.9 Å².